The van der Waals surface area contributed by atoms with Crippen LogP contribution < -0.4 is 10.2 Å². The lowest BCUT2D eigenvalue weighted by molar-refractivity contribution is -0.118. The van der Waals surface area contributed by atoms with Gasteiger partial charge in [-0.2, -0.15) is 0 Å². The lowest BCUT2D eigenvalue weighted by Crippen LogP contribution is -2.37. The van der Waals surface area contributed by atoms with Crippen molar-refractivity contribution in [2.45, 2.75) is 46.3 Å². The van der Waals surface area contributed by atoms with E-state index in [0.717, 1.165) is 42.0 Å². The van der Waals surface area contributed by atoms with Gasteiger partial charge in [-0.1, -0.05) is 31.5 Å². The summed E-state index contributed by atoms with van der Waals surface area (Å²) in [5.41, 5.74) is 4.47. The van der Waals surface area contributed by atoms with E-state index in [-0.39, 0.29) is 23.8 Å². The molecule has 1 unspecified atom stereocenters. The Labute approximate surface area is 191 Å². The number of carbonyl (C=O) groups excluding carboxylic acids is 2. The Kier molecular flexibility index (Phi) is 7.91. The summed E-state index contributed by atoms with van der Waals surface area (Å²) in [4.78, 5) is 29.6. The number of aryl methyl sites for hydroxylation is 1. The Balaban J connectivity index is 1.92. The summed E-state index contributed by atoms with van der Waals surface area (Å²) in [5.74, 6) is -0.142. The van der Waals surface area contributed by atoms with Gasteiger partial charge in [-0.15, -0.1) is 0 Å². The quantitative estimate of drug-likeness (QED) is 0.662. The molecule has 2 amide bonds. The fourth-order valence-corrected chi connectivity index (χ4v) is 3.93. The molecular formula is C26H35N3O3. The number of rotatable bonds is 8. The second-order valence-corrected chi connectivity index (χ2v) is 9.07. The second-order valence-electron chi connectivity index (χ2n) is 9.07. The minimum absolute atomic E-state index is 0.00877. The van der Waals surface area contributed by atoms with Crippen LogP contribution in [0.25, 0.3) is 0 Å². The number of carbonyl (C=O) groups is 2. The number of ether oxygens (including phenoxy) is 1. The van der Waals surface area contributed by atoms with Crippen LogP contribution in [0.3, 0.4) is 0 Å². The summed E-state index contributed by atoms with van der Waals surface area (Å²) in [5, 5.41) is 2.98. The van der Waals surface area contributed by atoms with Gasteiger partial charge in [0, 0.05) is 56.6 Å². The van der Waals surface area contributed by atoms with Crippen molar-refractivity contribution in [3.63, 3.8) is 0 Å². The van der Waals surface area contributed by atoms with Gasteiger partial charge in [0.1, 0.15) is 0 Å². The molecule has 32 heavy (non-hydrogen) atoms. The SMILES string of the molecule is Cc1cccc(C(=O)N(Cc2cc(NC(=O)C(C)C)ccc2N(C)C)CC2CCCO2)c1. The van der Waals surface area contributed by atoms with E-state index < -0.39 is 0 Å². The fraction of sp³-hybridized carbons (Fsp3) is 0.462. The van der Waals surface area contributed by atoms with Crippen molar-refractivity contribution >= 4 is 23.2 Å². The molecule has 0 radical (unpaired) electrons. The van der Waals surface area contributed by atoms with Crippen molar-refractivity contribution < 1.29 is 14.3 Å². The van der Waals surface area contributed by atoms with Crippen LogP contribution in [0, 0.1) is 12.8 Å². The van der Waals surface area contributed by atoms with Crippen LogP contribution in [0.4, 0.5) is 11.4 Å². The van der Waals surface area contributed by atoms with E-state index in [0.29, 0.717) is 18.7 Å². The van der Waals surface area contributed by atoms with Crippen LogP contribution in [0.5, 0.6) is 0 Å². The van der Waals surface area contributed by atoms with Gasteiger partial charge in [-0.25, -0.2) is 0 Å². The van der Waals surface area contributed by atoms with Crippen molar-refractivity contribution in [3.05, 3.63) is 59.2 Å². The number of anilines is 2. The van der Waals surface area contributed by atoms with Crippen LogP contribution in [0.1, 0.15) is 48.2 Å². The number of hydrogen-bond donors (Lipinski definition) is 1. The van der Waals surface area contributed by atoms with Crippen molar-refractivity contribution in [2.24, 2.45) is 5.92 Å². The molecule has 6 heteroatoms. The van der Waals surface area contributed by atoms with E-state index in [1.165, 1.54) is 0 Å². The van der Waals surface area contributed by atoms with E-state index in [1.54, 1.807) is 0 Å². The van der Waals surface area contributed by atoms with E-state index in [2.05, 4.69) is 5.32 Å². The molecule has 0 bridgehead atoms. The summed E-state index contributed by atoms with van der Waals surface area (Å²) < 4.78 is 5.85. The van der Waals surface area contributed by atoms with Crippen LogP contribution >= 0.6 is 0 Å². The van der Waals surface area contributed by atoms with Gasteiger partial charge >= 0.3 is 0 Å². The molecule has 1 aliphatic rings. The molecular weight excluding hydrogens is 402 g/mol. The van der Waals surface area contributed by atoms with Gasteiger partial charge in [-0.3, -0.25) is 9.59 Å². The van der Waals surface area contributed by atoms with Gasteiger partial charge in [0.05, 0.1) is 6.10 Å². The van der Waals surface area contributed by atoms with E-state index in [9.17, 15) is 9.59 Å². The van der Waals surface area contributed by atoms with Crippen LogP contribution in [0.15, 0.2) is 42.5 Å². The Morgan fingerprint density at radius 1 is 1.16 bits per heavy atom. The molecule has 6 nitrogen and oxygen atoms in total. The molecule has 3 rings (SSSR count). The molecule has 1 aliphatic heterocycles. The molecule has 0 spiro atoms. The first-order valence-electron chi connectivity index (χ1n) is 11.3. The predicted octanol–water partition coefficient (Wildman–Crippen LogP) is 4.48. The topological polar surface area (TPSA) is 61.9 Å². The molecule has 0 aromatic heterocycles. The van der Waals surface area contributed by atoms with E-state index in [1.807, 2.05) is 87.1 Å². The zero-order valence-corrected chi connectivity index (χ0v) is 19.9. The van der Waals surface area contributed by atoms with Gasteiger partial charge in [-0.05, 0) is 55.7 Å². The Bertz CT molecular complexity index is 949. The highest BCUT2D eigenvalue weighted by molar-refractivity contribution is 5.95. The Morgan fingerprint density at radius 2 is 1.94 bits per heavy atom. The minimum atomic E-state index is -0.106. The van der Waals surface area contributed by atoms with Crippen molar-refractivity contribution in [1.29, 1.82) is 0 Å². The van der Waals surface area contributed by atoms with Crippen LogP contribution in [0.2, 0.25) is 0 Å². The van der Waals surface area contributed by atoms with Gasteiger partial charge in [0.2, 0.25) is 5.91 Å². The highest BCUT2D eigenvalue weighted by atomic mass is 16.5. The molecule has 0 saturated carbocycles. The first-order chi connectivity index (χ1) is 15.2. The molecule has 1 saturated heterocycles. The Hall–Kier alpha value is -2.86. The minimum Gasteiger partial charge on any atom is -0.377 e. The first kappa shape index (κ1) is 23.8. The Morgan fingerprint density at radius 3 is 2.56 bits per heavy atom. The number of nitrogens with zero attached hydrogens (tertiary/aromatic N) is 2. The third-order valence-corrected chi connectivity index (χ3v) is 5.71. The largest absolute Gasteiger partial charge is 0.377 e. The average molecular weight is 438 g/mol. The first-order valence-corrected chi connectivity index (χ1v) is 11.3. The standard InChI is InChI=1S/C26H35N3O3/c1-18(2)25(30)27-22-11-12-24(28(4)5)21(15-22)16-29(17-23-10-7-13-32-23)26(31)20-9-6-8-19(3)14-20/h6,8-9,11-12,14-15,18,23H,7,10,13,16-17H2,1-5H3,(H,27,30). The molecule has 1 fully saturated rings. The predicted molar refractivity (Wildman–Crippen MR) is 129 cm³/mol. The van der Waals surface area contributed by atoms with Gasteiger partial charge < -0.3 is 19.9 Å². The molecule has 172 valence electrons. The zero-order chi connectivity index (χ0) is 23.3. The van der Waals surface area contributed by atoms with Crippen molar-refractivity contribution in [2.75, 3.05) is 37.5 Å². The summed E-state index contributed by atoms with van der Waals surface area (Å²) in [6, 6.07) is 13.6. The maximum absolute atomic E-state index is 13.5. The van der Waals surface area contributed by atoms with E-state index in [4.69, 9.17) is 4.74 Å². The van der Waals surface area contributed by atoms with Crippen molar-refractivity contribution in [1.82, 2.24) is 4.90 Å². The summed E-state index contributed by atoms with van der Waals surface area (Å²) >= 11 is 0. The monoisotopic (exact) mass is 437 g/mol. The summed E-state index contributed by atoms with van der Waals surface area (Å²) in [7, 11) is 3.97. The van der Waals surface area contributed by atoms with Gasteiger partial charge in [0.25, 0.3) is 5.91 Å². The average Bonchev–Trinajstić information content (AvgIpc) is 3.25. The highest BCUT2D eigenvalue weighted by Crippen LogP contribution is 2.26. The third kappa shape index (κ3) is 6.10. The molecule has 1 heterocycles. The fourth-order valence-electron chi connectivity index (χ4n) is 3.93. The number of benzene rings is 2. The zero-order valence-electron chi connectivity index (χ0n) is 19.9. The maximum atomic E-state index is 13.5. The molecule has 1 atom stereocenters. The highest BCUT2D eigenvalue weighted by Gasteiger charge is 2.25. The van der Waals surface area contributed by atoms with Crippen LogP contribution in [-0.4, -0.2) is 50.1 Å². The summed E-state index contributed by atoms with van der Waals surface area (Å²) in [6.45, 7) is 7.46. The third-order valence-electron chi connectivity index (χ3n) is 5.71. The molecule has 0 aliphatic carbocycles. The lowest BCUT2D eigenvalue weighted by atomic mass is 10.1. The summed E-state index contributed by atoms with van der Waals surface area (Å²) in [6.07, 6.45) is 2.04. The van der Waals surface area contributed by atoms with Gasteiger partial charge in [0.15, 0.2) is 0 Å². The molecule has 1 N–H and O–H groups in total. The smallest absolute Gasteiger partial charge is 0.254 e. The molecule has 2 aromatic rings. The number of hydrogen-bond acceptors (Lipinski definition) is 4. The normalized spacial score (nSPS) is 15.6. The number of amides is 2. The van der Waals surface area contributed by atoms with Crippen molar-refractivity contribution in [3.8, 4) is 0 Å². The maximum Gasteiger partial charge on any atom is 0.254 e. The van der Waals surface area contributed by atoms with E-state index >= 15 is 0 Å². The molecule has 2 aromatic carbocycles. The lowest BCUT2D eigenvalue weighted by Gasteiger charge is -2.28. The van der Waals surface area contributed by atoms with Crippen LogP contribution in [-0.2, 0) is 16.1 Å². The number of nitrogens with one attached hydrogen (secondary N) is 1. The second kappa shape index (κ2) is 10.6.